The van der Waals surface area contributed by atoms with Gasteiger partial charge in [0.05, 0.1) is 0 Å². The van der Waals surface area contributed by atoms with Crippen molar-refractivity contribution in [3.05, 3.63) is 35.4 Å². The first-order valence-electron chi connectivity index (χ1n) is 6.45. The van der Waals surface area contributed by atoms with Crippen LogP contribution in [-0.4, -0.2) is 18.5 Å². The van der Waals surface area contributed by atoms with Crippen molar-refractivity contribution in [1.29, 1.82) is 0 Å². The van der Waals surface area contributed by atoms with Crippen LogP contribution < -0.4 is 11.1 Å². The maximum absolute atomic E-state index is 11.8. The molecule has 0 aliphatic carbocycles. The summed E-state index contributed by atoms with van der Waals surface area (Å²) in [6.07, 6.45) is 0.797. The largest absolute Gasteiger partial charge is 0.352 e. The summed E-state index contributed by atoms with van der Waals surface area (Å²) in [6.45, 7) is 9.03. The van der Waals surface area contributed by atoms with Gasteiger partial charge in [-0.3, -0.25) is 4.79 Å². The zero-order valence-corrected chi connectivity index (χ0v) is 13.0. The van der Waals surface area contributed by atoms with Gasteiger partial charge in [-0.25, -0.2) is 0 Å². The topological polar surface area (TPSA) is 55.1 Å². The first-order chi connectivity index (χ1) is 8.30. The minimum atomic E-state index is -0.0314. The number of halogens is 1. The molecule has 1 aromatic carbocycles. The van der Waals surface area contributed by atoms with E-state index in [2.05, 4.69) is 26.1 Å². The molecule has 0 heterocycles. The molecule has 108 valence electrons. The molecule has 0 saturated carbocycles. The third-order valence-corrected chi connectivity index (χ3v) is 2.90. The van der Waals surface area contributed by atoms with Gasteiger partial charge in [-0.15, -0.1) is 12.4 Å². The van der Waals surface area contributed by atoms with Gasteiger partial charge < -0.3 is 11.1 Å². The summed E-state index contributed by atoms with van der Waals surface area (Å²) in [4.78, 5) is 11.8. The van der Waals surface area contributed by atoms with E-state index in [1.807, 2.05) is 31.2 Å². The Labute approximate surface area is 122 Å². The molecule has 0 spiro atoms. The van der Waals surface area contributed by atoms with Crippen LogP contribution in [0.15, 0.2) is 24.3 Å². The second-order valence-electron chi connectivity index (χ2n) is 5.85. The lowest BCUT2D eigenvalue weighted by Gasteiger charge is -2.19. The fourth-order valence-electron chi connectivity index (χ4n) is 1.64. The molecule has 0 fully saturated rings. The standard InChI is InChI=1S/C15H24N2O.ClH/c1-11(16)9-10-17-14(18)12-5-7-13(8-6-12)15(2,3)4;/h5-8,11H,9-10,16H2,1-4H3,(H,17,18);1H. The lowest BCUT2D eigenvalue weighted by molar-refractivity contribution is 0.0952. The van der Waals surface area contributed by atoms with Crippen molar-refractivity contribution in [2.24, 2.45) is 5.73 Å². The summed E-state index contributed by atoms with van der Waals surface area (Å²) in [5, 5.41) is 2.87. The van der Waals surface area contributed by atoms with Crippen LogP contribution in [0.3, 0.4) is 0 Å². The predicted octanol–water partition coefficient (Wildman–Crippen LogP) is 2.87. The molecule has 3 N–H and O–H groups in total. The Morgan fingerprint density at radius 1 is 1.26 bits per heavy atom. The van der Waals surface area contributed by atoms with Crippen LogP contribution in [0.4, 0.5) is 0 Å². The Bertz CT molecular complexity index is 394. The molecule has 0 aromatic heterocycles. The van der Waals surface area contributed by atoms with Crippen molar-refractivity contribution in [3.63, 3.8) is 0 Å². The molecular formula is C15H25ClN2O. The monoisotopic (exact) mass is 284 g/mol. The molecule has 0 aliphatic heterocycles. The number of hydrogen-bond donors (Lipinski definition) is 2. The number of benzene rings is 1. The van der Waals surface area contributed by atoms with E-state index in [9.17, 15) is 4.79 Å². The fraction of sp³-hybridized carbons (Fsp3) is 0.533. The third kappa shape index (κ3) is 6.08. The van der Waals surface area contributed by atoms with E-state index < -0.39 is 0 Å². The molecule has 3 nitrogen and oxygen atoms in total. The Morgan fingerprint density at radius 2 is 1.79 bits per heavy atom. The second kappa shape index (κ2) is 7.51. The number of rotatable bonds is 4. The molecule has 0 saturated heterocycles. The Balaban J connectivity index is 0.00000324. The molecule has 0 bridgehead atoms. The summed E-state index contributed by atoms with van der Waals surface area (Å²) < 4.78 is 0. The van der Waals surface area contributed by atoms with Crippen molar-refractivity contribution >= 4 is 18.3 Å². The van der Waals surface area contributed by atoms with E-state index in [1.54, 1.807) is 0 Å². The van der Waals surface area contributed by atoms with Gasteiger partial charge in [0.2, 0.25) is 0 Å². The van der Waals surface area contributed by atoms with E-state index in [-0.39, 0.29) is 29.8 Å². The first kappa shape index (κ1) is 17.9. The lowest BCUT2D eigenvalue weighted by atomic mass is 9.87. The van der Waals surface area contributed by atoms with Crippen LogP contribution in [-0.2, 0) is 5.41 Å². The first-order valence-corrected chi connectivity index (χ1v) is 6.45. The van der Waals surface area contributed by atoms with Crippen LogP contribution in [0, 0.1) is 0 Å². The zero-order chi connectivity index (χ0) is 13.8. The van der Waals surface area contributed by atoms with Crippen molar-refractivity contribution in [2.75, 3.05) is 6.54 Å². The molecule has 0 radical (unpaired) electrons. The molecule has 1 amide bonds. The fourth-order valence-corrected chi connectivity index (χ4v) is 1.64. The third-order valence-electron chi connectivity index (χ3n) is 2.90. The van der Waals surface area contributed by atoms with Crippen LogP contribution >= 0.6 is 12.4 Å². The van der Waals surface area contributed by atoms with Crippen LogP contribution in [0.5, 0.6) is 0 Å². The zero-order valence-electron chi connectivity index (χ0n) is 12.2. The van der Waals surface area contributed by atoms with Gasteiger partial charge in [0, 0.05) is 18.2 Å². The molecule has 4 heteroatoms. The molecule has 1 aromatic rings. The summed E-state index contributed by atoms with van der Waals surface area (Å²) >= 11 is 0. The van der Waals surface area contributed by atoms with E-state index in [0.717, 1.165) is 6.42 Å². The molecule has 1 atom stereocenters. The van der Waals surface area contributed by atoms with Gasteiger partial charge in [-0.2, -0.15) is 0 Å². The Kier molecular flexibility index (Phi) is 7.09. The SMILES string of the molecule is CC(N)CCNC(=O)c1ccc(C(C)(C)C)cc1.Cl. The van der Waals surface area contributed by atoms with Gasteiger partial charge in [0.15, 0.2) is 0 Å². The van der Waals surface area contributed by atoms with E-state index in [0.29, 0.717) is 12.1 Å². The average Bonchev–Trinajstić information content (AvgIpc) is 2.27. The van der Waals surface area contributed by atoms with Gasteiger partial charge in [-0.1, -0.05) is 32.9 Å². The van der Waals surface area contributed by atoms with Gasteiger partial charge in [0.1, 0.15) is 0 Å². The summed E-state index contributed by atoms with van der Waals surface area (Å²) in [5.41, 5.74) is 7.68. The molecule has 1 rings (SSSR count). The highest BCUT2D eigenvalue weighted by molar-refractivity contribution is 5.94. The summed E-state index contributed by atoms with van der Waals surface area (Å²) in [7, 11) is 0. The van der Waals surface area contributed by atoms with Crippen molar-refractivity contribution in [1.82, 2.24) is 5.32 Å². The van der Waals surface area contributed by atoms with Crippen molar-refractivity contribution in [2.45, 2.75) is 45.6 Å². The van der Waals surface area contributed by atoms with E-state index in [4.69, 9.17) is 5.73 Å². The predicted molar refractivity (Wildman–Crippen MR) is 83.0 cm³/mol. The highest BCUT2D eigenvalue weighted by Gasteiger charge is 2.14. The number of carbonyl (C=O) groups is 1. The van der Waals surface area contributed by atoms with Crippen LogP contribution in [0.1, 0.15) is 50.0 Å². The van der Waals surface area contributed by atoms with Gasteiger partial charge >= 0.3 is 0 Å². The number of hydrogen-bond acceptors (Lipinski definition) is 2. The average molecular weight is 285 g/mol. The maximum Gasteiger partial charge on any atom is 0.251 e. The van der Waals surface area contributed by atoms with Gasteiger partial charge in [-0.05, 0) is 36.5 Å². The molecule has 1 unspecified atom stereocenters. The van der Waals surface area contributed by atoms with E-state index >= 15 is 0 Å². The number of nitrogens with one attached hydrogen (secondary N) is 1. The summed E-state index contributed by atoms with van der Waals surface area (Å²) in [6, 6.07) is 7.90. The molecule has 19 heavy (non-hydrogen) atoms. The Hall–Kier alpha value is -1.06. The number of amides is 1. The highest BCUT2D eigenvalue weighted by atomic mass is 35.5. The minimum Gasteiger partial charge on any atom is -0.352 e. The van der Waals surface area contributed by atoms with Crippen molar-refractivity contribution in [3.8, 4) is 0 Å². The van der Waals surface area contributed by atoms with Crippen LogP contribution in [0.2, 0.25) is 0 Å². The normalized spacial score (nSPS) is 12.5. The molecule has 0 aliphatic rings. The lowest BCUT2D eigenvalue weighted by Crippen LogP contribution is -2.29. The van der Waals surface area contributed by atoms with E-state index in [1.165, 1.54) is 5.56 Å². The number of carbonyl (C=O) groups excluding carboxylic acids is 1. The minimum absolute atomic E-state index is 0. The molecular weight excluding hydrogens is 260 g/mol. The van der Waals surface area contributed by atoms with Gasteiger partial charge in [0.25, 0.3) is 5.91 Å². The highest BCUT2D eigenvalue weighted by Crippen LogP contribution is 2.22. The van der Waals surface area contributed by atoms with Crippen LogP contribution in [0.25, 0.3) is 0 Å². The second-order valence-corrected chi connectivity index (χ2v) is 5.85. The quantitative estimate of drug-likeness (QED) is 0.893. The summed E-state index contributed by atoms with van der Waals surface area (Å²) in [5.74, 6) is -0.0314. The smallest absolute Gasteiger partial charge is 0.251 e. The maximum atomic E-state index is 11.8. The number of nitrogens with two attached hydrogens (primary N) is 1. The van der Waals surface area contributed by atoms with Crippen molar-refractivity contribution < 1.29 is 4.79 Å². The Morgan fingerprint density at radius 3 is 2.21 bits per heavy atom.